The Morgan fingerprint density at radius 3 is 2.74 bits per heavy atom. The van der Waals surface area contributed by atoms with Gasteiger partial charge in [-0.25, -0.2) is 4.98 Å². The normalized spacial score (nSPS) is 12.1. The molecule has 0 spiro atoms. The molecule has 2 rings (SSSR count). The van der Waals surface area contributed by atoms with Gasteiger partial charge in [0.15, 0.2) is 5.69 Å². The van der Waals surface area contributed by atoms with Crippen molar-refractivity contribution >= 4 is 11.6 Å². The number of hydrogen-bond acceptors (Lipinski definition) is 4. The van der Waals surface area contributed by atoms with Crippen LogP contribution in [0.5, 0.6) is 0 Å². The summed E-state index contributed by atoms with van der Waals surface area (Å²) in [4.78, 5) is 16.0. The number of rotatable bonds is 4. The number of anilines is 1. The standard InChI is InChI=1S/C14H17N3O2/c1-3-9(2)16-13(18)12-8-19-14(17-12)10-4-6-11(15)7-5-10/h4-9H,3,15H2,1-2H3,(H,16,18). The lowest BCUT2D eigenvalue weighted by atomic mass is 10.2. The van der Waals surface area contributed by atoms with Gasteiger partial charge in [0.25, 0.3) is 5.91 Å². The van der Waals surface area contributed by atoms with Crippen molar-refractivity contribution in [2.24, 2.45) is 0 Å². The van der Waals surface area contributed by atoms with Crippen LogP contribution in [0.25, 0.3) is 11.5 Å². The molecule has 0 aliphatic rings. The topological polar surface area (TPSA) is 81.2 Å². The number of benzene rings is 1. The van der Waals surface area contributed by atoms with Gasteiger partial charge in [-0.3, -0.25) is 4.79 Å². The van der Waals surface area contributed by atoms with Gasteiger partial charge in [-0.1, -0.05) is 6.92 Å². The fourth-order valence-corrected chi connectivity index (χ4v) is 1.54. The highest BCUT2D eigenvalue weighted by Crippen LogP contribution is 2.19. The van der Waals surface area contributed by atoms with Crippen molar-refractivity contribution in [3.8, 4) is 11.5 Å². The average Bonchev–Trinajstić information content (AvgIpc) is 2.89. The molecule has 0 radical (unpaired) electrons. The number of amides is 1. The van der Waals surface area contributed by atoms with E-state index in [1.54, 1.807) is 24.3 Å². The number of hydrogen-bond donors (Lipinski definition) is 2. The van der Waals surface area contributed by atoms with E-state index in [-0.39, 0.29) is 17.6 Å². The Kier molecular flexibility index (Phi) is 3.85. The second-order valence-corrected chi connectivity index (χ2v) is 4.44. The summed E-state index contributed by atoms with van der Waals surface area (Å²) < 4.78 is 5.31. The van der Waals surface area contributed by atoms with E-state index in [1.165, 1.54) is 6.26 Å². The lowest BCUT2D eigenvalue weighted by molar-refractivity contribution is 0.0934. The van der Waals surface area contributed by atoms with Crippen LogP contribution in [-0.4, -0.2) is 16.9 Å². The van der Waals surface area contributed by atoms with Crippen molar-refractivity contribution in [1.29, 1.82) is 0 Å². The van der Waals surface area contributed by atoms with Gasteiger partial charge < -0.3 is 15.5 Å². The highest BCUT2D eigenvalue weighted by atomic mass is 16.3. The van der Waals surface area contributed by atoms with E-state index in [4.69, 9.17) is 10.2 Å². The maximum atomic E-state index is 11.9. The maximum Gasteiger partial charge on any atom is 0.273 e. The van der Waals surface area contributed by atoms with E-state index in [9.17, 15) is 4.79 Å². The molecular weight excluding hydrogens is 242 g/mol. The molecule has 0 fully saturated rings. The van der Waals surface area contributed by atoms with Gasteiger partial charge in [0.2, 0.25) is 5.89 Å². The van der Waals surface area contributed by atoms with E-state index >= 15 is 0 Å². The fourth-order valence-electron chi connectivity index (χ4n) is 1.54. The minimum Gasteiger partial charge on any atom is -0.444 e. The van der Waals surface area contributed by atoms with Crippen molar-refractivity contribution in [3.63, 3.8) is 0 Å². The van der Waals surface area contributed by atoms with E-state index in [2.05, 4.69) is 10.3 Å². The van der Waals surface area contributed by atoms with Gasteiger partial charge in [0, 0.05) is 17.3 Å². The average molecular weight is 259 g/mol. The second kappa shape index (κ2) is 5.56. The molecule has 0 aliphatic carbocycles. The Balaban J connectivity index is 2.15. The molecular formula is C14H17N3O2. The largest absolute Gasteiger partial charge is 0.444 e. The zero-order valence-electron chi connectivity index (χ0n) is 11.0. The maximum absolute atomic E-state index is 11.9. The molecule has 1 atom stereocenters. The highest BCUT2D eigenvalue weighted by Gasteiger charge is 2.14. The summed E-state index contributed by atoms with van der Waals surface area (Å²) in [5, 5.41) is 2.84. The Hall–Kier alpha value is -2.30. The van der Waals surface area contributed by atoms with Gasteiger partial charge in [-0.05, 0) is 37.6 Å². The third-order valence-corrected chi connectivity index (χ3v) is 2.88. The summed E-state index contributed by atoms with van der Waals surface area (Å²) >= 11 is 0. The molecule has 1 unspecified atom stereocenters. The predicted molar refractivity (Wildman–Crippen MR) is 73.6 cm³/mol. The minimum atomic E-state index is -0.222. The molecule has 0 saturated heterocycles. The molecule has 1 heterocycles. The summed E-state index contributed by atoms with van der Waals surface area (Å²) in [5.41, 5.74) is 7.36. The molecule has 0 saturated carbocycles. The number of carbonyl (C=O) groups excluding carboxylic acids is 1. The van der Waals surface area contributed by atoms with Gasteiger partial charge in [0.1, 0.15) is 6.26 Å². The summed E-state index contributed by atoms with van der Waals surface area (Å²) in [6.45, 7) is 3.95. The van der Waals surface area contributed by atoms with E-state index in [1.807, 2.05) is 13.8 Å². The second-order valence-electron chi connectivity index (χ2n) is 4.44. The van der Waals surface area contributed by atoms with Gasteiger partial charge in [-0.15, -0.1) is 0 Å². The molecule has 19 heavy (non-hydrogen) atoms. The van der Waals surface area contributed by atoms with Crippen LogP contribution in [0.1, 0.15) is 30.8 Å². The van der Waals surface area contributed by atoms with Crippen LogP contribution in [0, 0.1) is 0 Å². The first-order chi connectivity index (χ1) is 9.10. The zero-order chi connectivity index (χ0) is 13.8. The number of aromatic nitrogens is 1. The Morgan fingerprint density at radius 1 is 1.42 bits per heavy atom. The van der Waals surface area contributed by atoms with Crippen LogP contribution in [0.3, 0.4) is 0 Å². The quantitative estimate of drug-likeness (QED) is 0.826. The monoisotopic (exact) mass is 259 g/mol. The first kappa shape index (κ1) is 13.1. The molecule has 5 nitrogen and oxygen atoms in total. The number of oxazole rings is 1. The Bertz CT molecular complexity index is 560. The first-order valence-electron chi connectivity index (χ1n) is 6.22. The molecule has 3 N–H and O–H groups in total. The van der Waals surface area contributed by atoms with Crippen molar-refractivity contribution in [2.45, 2.75) is 26.3 Å². The molecule has 0 bridgehead atoms. The van der Waals surface area contributed by atoms with Crippen LogP contribution < -0.4 is 11.1 Å². The van der Waals surface area contributed by atoms with Gasteiger partial charge in [0.05, 0.1) is 0 Å². The summed E-state index contributed by atoms with van der Waals surface area (Å²) in [6, 6.07) is 7.25. The van der Waals surface area contributed by atoms with E-state index < -0.39 is 0 Å². The Morgan fingerprint density at radius 2 is 2.11 bits per heavy atom. The Labute approximate surface area is 111 Å². The molecule has 1 aromatic carbocycles. The van der Waals surface area contributed by atoms with Crippen LogP contribution in [0.2, 0.25) is 0 Å². The number of nitrogens with two attached hydrogens (primary N) is 1. The van der Waals surface area contributed by atoms with Crippen molar-refractivity contribution in [1.82, 2.24) is 10.3 Å². The SMILES string of the molecule is CCC(C)NC(=O)c1coc(-c2ccc(N)cc2)n1. The molecule has 100 valence electrons. The lowest BCUT2D eigenvalue weighted by Gasteiger charge is -2.08. The number of nitrogens with one attached hydrogen (secondary N) is 1. The number of carbonyl (C=O) groups is 1. The summed E-state index contributed by atoms with van der Waals surface area (Å²) in [5.74, 6) is 0.189. The van der Waals surface area contributed by atoms with Gasteiger partial charge >= 0.3 is 0 Å². The third kappa shape index (κ3) is 3.13. The number of nitrogens with zero attached hydrogens (tertiary/aromatic N) is 1. The van der Waals surface area contributed by atoms with Gasteiger partial charge in [-0.2, -0.15) is 0 Å². The number of nitrogen functional groups attached to an aromatic ring is 1. The molecule has 0 aliphatic heterocycles. The van der Waals surface area contributed by atoms with E-state index in [0.29, 0.717) is 11.6 Å². The minimum absolute atomic E-state index is 0.115. The molecule has 1 amide bonds. The van der Waals surface area contributed by atoms with Crippen molar-refractivity contribution in [3.05, 3.63) is 36.2 Å². The smallest absolute Gasteiger partial charge is 0.273 e. The zero-order valence-corrected chi connectivity index (χ0v) is 11.0. The third-order valence-electron chi connectivity index (χ3n) is 2.88. The summed E-state index contributed by atoms with van der Waals surface area (Å²) in [6.07, 6.45) is 2.23. The first-order valence-corrected chi connectivity index (χ1v) is 6.22. The molecule has 1 aromatic heterocycles. The van der Waals surface area contributed by atoms with Crippen LogP contribution in [0.4, 0.5) is 5.69 Å². The van der Waals surface area contributed by atoms with Crippen LogP contribution in [-0.2, 0) is 0 Å². The summed E-state index contributed by atoms with van der Waals surface area (Å²) in [7, 11) is 0. The van der Waals surface area contributed by atoms with Crippen LogP contribution in [0.15, 0.2) is 34.9 Å². The molecule has 5 heteroatoms. The highest BCUT2D eigenvalue weighted by molar-refractivity contribution is 5.92. The van der Waals surface area contributed by atoms with Crippen molar-refractivity contribution < 1.29 is 9.21 Å². The lowest BCUT2D eigenvalue weighted by Crippen LogP contribution is -2.32. The fraction of sp³-hybridized carbons (Fsp3) is 0.286. The van der Waals surface area contributed by atoms with Crippen LogP contribution >= 0.6 is 0 Å². The van der Waals surface area contributed by atoms with Crippen molar-refractivity contribution in [2.75, 3.05) is 5.73 Å². The molecule has 2 aromatic rings. The predicted octanol–water partition coefficient (Wildman–Crippen LogP) is 2.45. The van der Waals surface area contributed by atoms with E-state index in [0.717, 1.165) is 12.0 Å².